The van der Waals surface area contributed by atoms with Gasteiger partial charge in [0, 0.05) is 18.7 Å². The van der Waals surface area contributed by atoms with Gasteiger partial charge in [0.25, 0.3) is 0 Å². The first-order valence-corrected chi connectivity index (χ1v) is 19.3. The lowest BCUT2D eigenvalue weighted by atomic mass is 10.0. The van der Waals surface area contributed by atoms with E-state index in [2.05, 4.69) is 20.2 Å². The van der Waals surface area contributed by atoms with E-state index in [1.54, 1.807) is 6.20 Å². The third-order valence-corrected chi connectivity index (χ3v) is 11.1. The monoisotopic (exact) mass is 748 g/mol. The second kappa shape index (κ2) is 16.0. The van der Waals surface area contributed by atoms with Crippen LogP contribution in [0.25, 0.3) is 33.9 Å². The molecule has 3 aromatic carbocycles. The highest BCUT2D eigenvalue weighted by Crippen LogP contribution is 2.37. The summed E-state index contributed by atoms with van der Waals surface area (Å²) in [6.45, 7) is 1.40. The molecule has 56 heavy (non-hydrogen) atoms. The number of aromatic nitrogens is 6. The van der Waals surface area contributed by atoms with E-state index in [1.165, 1.54) is 0 Å². The largest absolute Gasteiger partial charge is 0.340 e. The van der Waals surface area contributed by atoms with Gasteiger partial charge in [-0.2, -0.15) is 0 Å². The molecule has 0 radical (unpaired) electrons. The standard InChI is InChI=1S/C44H48N10O2/c1-51(2)39(31-13-7-5-8-14-31)43(55)53-25-11-17-37(53)41-45-27-35(47-41)30-21-19-29(20-22-30)33-23-24-34(50-49-33)36-28-46-42(48-36)38-18-12-26-54(38)44(56)40(52(3)4)32-15-9-6-10-16-32/h5-10,13-16,19-24,27-28,37-40H,11-12,17-18,25-26H2,1-4H3,(H,45,47)(H,46,48)/t37-,38-,39+,40+/m0/s1. The lowest BCUT2D eigenvalue weighted by Crippen LogP contribution is -2.40. The van der Waals surface area contributed by atoms with Crippen molar-refractivity contribution in [2.45, 2.75) is 49.9 Å². The molecule has 0 saturated carbocycles. The van der Waals surface area contributed by atoms with Crippen LogP contribution >= 0.6 is 0 Å². The number of benzene rings is 3. The lowest BCUT2D eigenvalue weighted by Gasteiger charge is -2.31. The molecule has 3 aromatic heterocycles. The summed E-state index contributed by atoms with van der Waals surface area (Å²) in [6.07, 6.45) is 7.19. The van der Waals surface area contributed by atoms with E-state index in [-0.39, 0.29) is 36.0 Å². The van der Waals surface area contributed by atoms with Gasteiger partial charge >= 0.3 is 0 Å². The highest BCUT2D eigenvalue weighted by Gasteiger charge is 2.38. The molecule has 0 unspecified atom stereocenters. The molecular formula is C44H48N10O2. The molecule has 0 aliphatic carbocycles. The smallest absolute Gasteiger partial charge is 0.245 e. The minimum absolute atomic E-state index is 0.0783. The minimum atomic E-state index is -0.364. The molecule has 2 fully saturated rings. The summed E-state index contributed by atoms with van der Waals surface area (Å²) in [6, 6.07) is 31.0. The first-order chi connectivity index (χ1) is 27.3. The van der Waals surface area contributed by atoms with E-state index in [1.807, 2.05) is 151 Å². The number of hydrogen-bond donors (Lipinski definition) is 2. The van der Waals surface area contributed by atoms with Gasteiger partial charge in [0.1, 0.15) is 29.4 Å². The molecule has 286 valence electrons. The summed E-state index contributed by atoms with van der Waals surface area (Å²) in [5, 5.41) is 9.10. The molecule has 0 bridgehead atoms. The van der Waals surface area contributed by atoms with Gasteiger partial charge in [-0.25, -0.2) is 9.97 Å². The Morgan fingerprint density at radius 1 is 0.589 bits per heavy atom. The van der Waals surface area contributed by atoms with E-state index < -0.39 is 0 Å². The summed E-state index contributed by atoms with van der Waals surface area (Å²) in [4.78, 5) is 52.1. The van der Waals surface area contributed by atoms with Gasteiger partial charge in [-0.15, -0.1) is 10.2 Å². The van der Waals surface area contributed by atoms with Crippen LogP contribution in [-0.4, -0.2) is 103 Å². The first-order valence-electron chi connectivity index (χ1n) is 19.3. The van der Waals surface area contributed by atoms with Crippen molar-refractivity contribution in [2.24, 2.45) is 0 Å². The zero-order chi connectivity index (χ0) is 38.8. The van der Waals surface area contributed by atoms with Crippen molar-refractivity contribution in [3.05, 3.63) is 132 Å². The van der Waals surface area contributed by atoms with Crippen LogP contribution in [0, 0.1) is 0 Å². The Morgan fingerprint density at radius 3 is 1.52 bits per heavy atom. The highest BCUT2D eigenvalue weighted by atomic mass is 16.2. The number of carbonyl (C=O) groups is 2. The van der Waals surface area contributed by atoms with Gasteiger partial charge in [0.2, 0.25) is 11.8 Å². The maximum atomic E-state index is 13.9. The van der Waals surface area contributed by atoms with Gasteiger partial charge in [-0.1, -0.05) is 84.9 Å². The number of aromatic amines is 2. The molecule has 12 heteroatoms. The van der Waals surface area contributed by atoms with Gasteiger partial charge in [-0.05, 0) is 82.7 Å². The molecule has 0 spiro atoms. The van der Waals surface area contributed by atoms with Crippen molar-refractivity contribution in [2.75, 3.05) is 41.3 Å². The van der Waals surface area contributed by atoms with Crippen LogP contribution in [0.2, 0.25) is 0 Å². The van der Waals surface area contributed by atoms with Gasteiger partial charge in [-0.3, -0.25) is 19.4 Å². The first kappa shape index (κ1) is 37.0. The number of nitrogens with one attached hydrogen (secondary N) is 2. The molecule has 6 aromatic rings. The van der Waals surface area contributed by atoms with Crippen LogP contribution in [0.1, 0.15) is 72.6 Å². The Labute approximate surface area is 327 Å². The zero-order valence-electron chi connectivity index (χ0n) is 32.3. The third-order valence-electron chi connectivity index (χ3n) is 11.1. The predicted molar refractivity (Wildman–Crippen MR) is 216 cm³/mol. The van der Waals surface area contributed by atoms with Gasteiger partial charge in [0.05, 0.1) is 41.6 Å². The van der Waals surface area contributed by atoms with Crippen LogP contribution in [0.3, 0.4) is 0 Å². The minimum Gasteiger partial charge on any atom is -0.340 e. The fourth-order valence-electron chi connectivity index (χ4n) is 8.28. The molecule has 12 nitrogen and oxygen atoms in total. The van der Waals surface area contributed by atoms with Crippen molar-refractivity contribution < 1.29 is 9.59 Å². The quantitative estimate of drug-likeness (QED) is 0.147. The van der Waals surface area contributed by atoms with E-state index in [4.69, 9.17) is 9.97 Å². The average Bonchev–Trinajstić information content (AvgIpc) is 4.06. The molecular weight excluding hydrogens is 701 g/mol. The van der Waals surface area contributed by atoms with E-state index in [0.29, 0.717) is 18.8 Å². The molecule has 2 amide bonds. The number of hydrogen-bond acceptors (Lipinski definition) is 8. The topological polar surface area (TPSA) is 130 Å². The summed E-state index contributed by atoms with van der Waals surface area (Å²) in [5.41, 5.74) is 6.99. The normalized spacial score (nSPS) is 18.2. The predicted octanol–water partition coefficient (Wildman–Crippen LogP) is 6.86. The number of likely N-dealkylation sites (N-methyl/N-ethyl adjacent to an activating group) is 2. The zero-order valence-corrected chi connectivity index (χ0v) is 32.3. The van der Waals surface area contributed by atoms with Crippen LogP contribution in [0.15, 0.2) is 109 Å². The summed E-state index contributed by atoms with van der Waals surface area (Å²) >= 11 is 0. The van der Waals surface area contributed by atoms with Crippen LogP contribution < -0.4 is 0 Å². The number of likely N-dealkylation sites (tertiary alicyclic amines) is 2. The van der Waals surface area contributed by atoms with Gasteiger partial charge < -0.3 is 19.8 Å². The van der Waals surface area contributed by atoms with Gasteiger partial charge in [0.15, 0.2) is 0 Å². The van der Waals surface area contributed by atoms with Crippen molar-refractivity contribution in [1.29, 1.82) is 0 Å². The Balaban J connectivity index is 0.930. The maximum Gasteiger partial charge on any atom is 0.245 e. The number of rotatable bonds is 11. The summed E-state index contributed by atoms with van der Waals surface area (Å²) in [7, 11) is 7.79. The molecule has 8 rings (SSSR count). The van der Waals surface area contributed by atoms with Crippen LogP contribution in [-0.2, 0) is 9.59 Å². The second-order valence-corrected chi connectivity index (χ2v) is 15.2. The number of H-pyrrole nitrogens is 2. The lowest BCUT2D eigenvalue weighted by molar-refractivity contribution is -0.138. The van der Waals surface area contributed by atoms with Crippen molar-refractivity contribution in [3.63, 3.8) is 0 Å². The Kier molecular flexibility index (Phi) is 10.6. The fraction of sp³-hybridized carbons (Fsp3) is 0.318. The Hall–Kier alpha value is -5.98. The van der Waals surface area contributed by atoms with E-state index in [0.717, 1.165) is 76.7 Å². The molecule has 4 atom stereocenters. The molecule has 2 saturated heterocycles. The molecule has 2 N–H and O–H groups in total. The van der Waals surface area contributed by atoms with Crippen LogP contribution in [0.4, 0.5) is 0 Å². The Morgan fingerprint density at radius 2 is 1.04 bits per heavy atom. The van der Waals surface area contributed by atoms with Crippen molar-refractivity contribution in [1.82, 2.24) is 49.7 Å². The number of carbonyl (C=O) groups excluding carboxylic acids is 2. The van der Waals surface area contributed by atoms with Crippen molar-refractivity contribution in [3.8, 4) is 33.9 Å². The third kappa shape index (κ3) is 7.37. The van der Waals surface area contributed by atoms with E-state index >= 15 is 0 Å². The van der Waals surface area contributed by atoms with Crippen LogP contribution in [0.5, 0.6) is 0 Å². The summed E-state index contributed by atoms with van der Waals surface area (Å²) in [5.74, 6) is 1.74. The maximum absolute atomic E-state index is 13.9. The molecule has 2 aliphatic heterocycles. The van der Waals surface area contributed by atoms with E-state index in [9.17, 15) is 9.59 Å². The second-order valence-electron chi connectivity index (χ2n) is 15.2. The molecule has 5 heterocycles. The summed E-state index contributed by atoms with van der Waals surface area (Å²) < 4.78 is 0. The fourth-order valence-corrected chi connectivity index (χ4v) is 8.28. The number of imidazole rings is 2. The number of amides is 2. The molecule has 2 aliphatic rings. The number of nitrogens with zero attached hydrogens (tertiary/aromatic N) is 8. The SMILES string of the molecule is CN(C)[C@@H](C(=O)N1CCC[C@H]1c1ncc(-c2ccc(-c3ccc(-c4cnc([C@@H]5CCCN5C(=O)[C@@H](c5ccccc5)N(C)C)[nH]4)nn3)cc2)[nH]1)c1ccccc1. The highest BCUT2D eigenvalue weighted by molar-refractivity contribution is 5.84. The van der Waals surface area contributed by atoms with Crippen molar-refractivity contribution >= 4 is 11.8 Å². The average molecular weight is 749 g/mol. The Bertz CT molecular complexity index is 2090.